The zero-order valence-electron chi connectivity index (χ0n) is 13.4. The highest BCUT2D eigenvalue weighted by atomic mass is 127. The highest BCUT2D eigenvalue weighted by molar-refractivity contribution is 14.1. The van der Waals surface area contributed by atoms with Crippen molar-refractivity contribution in [1.82, 2.24) is 0 Å². The van der Waals surface area contributed by atoms with Crippen LogP contribution in [0, 0.1) is 10.5 Å². The minimum absolute atomic E-state index is 0.0418. The van der Waals surface area contributed by atoms with Gasteiger partial charge in [0.2, 0.25) is 0 Å². The molecule has 0 spiro atoms. The Kier molecular flexibility index (Phi) is 6.50. The minimum atomic E-state index is -4.48. The summed E-state index contributed by atoms with van der Waals surface area (Å²) >= 11 is 7.07. The molecule has 1 N–H and O–H groups in total. The van der Waals surface area contributed by atoms with Crippen LogP contribution in [0.1, 0.15) is 16.7 Å². The van der Waals surface area contributed by atoms with Crippen molar-refractivity contribution in [3.8, 4) is 5.75 Å². The molecule has 0 atom stereocenters. The second-order valence-electron chi connectivity index (χ2n) is 5.17. The van der Waals surface area contributed by atoms with E-state index in [1.807, 2.05) is 6.07 Å². The normalized spacial score (nSPS) is 11.1. The zero-order valence-corrected chi connectivity index (χ0v) is 16.4. The van der Waals surface area contributed by atoms with Gasteiger partial charge < -0.3 is 14.8 Å². The van der Waals surface area contributed by atoms with Gasteiger partial charge in [0.15, 0.2) is 0 Å². The van der Waals surface area contributed by atoms with E-state index < -0.39 is 11.7 Å². The molecule has 0 saturated heterocycles. The average molecular weight is 481 g/mol. The number of methoxy groups -OCH3 is 1. The first-order chi connectivity index (χ1) is 11.7. The van der Waals surface area contributed by atoms with Gasteiger partial charge in [0.05, 0.1) is 12.7 Å². The number of anilines is 1. The van der Waals surface area contributed by atoms with Crippen LogP contribution >= 0.6 is 34.8 Å². The van der Waals surface area contributed by atoms with Gasteiger partial charge >= 0.3 is 6.18 Å². The Hall–Kier alpha value is -1.55. The largest absolute Gasteiger partial charge is 0.488 e. The van der Waals surface area contributed by atoms with Crippen molar-refractivity contribution in [2.45, 2.75) is 19.7 Å². The van der Waals surface area contributed by atoms with E-state index >= 15 is 0 Å². The number of benzene rings is 2. The Labute approximate surface area is 162 Å². The molecule has 0 saturated carbocycles. The van der Waals surface area contributed by atoms with E-state index in [-0.39, 0.29) is 17.5 Å². The van der Waals surface area contributed by atoms with E-state index in [0.29, 0.717) is 16.8 Å². The quantitative estimate of drug-likeness (QED) is 0.459. The number of ether oxygens (including phenoxy) is 2. The predicted octanol–water partition coefficient (Wildman–Crippen LogP) is 5.54. The van der Waals surface area contributed by atoms with E-state index in [4.69, 9.17) is 21.7 Å². The number of alkyl halides is 3. The van der Waals surface area contributed by atoms with Crippen LogP contribution in [0.25, 0.3) is 0 Å². The summed E-state index contributed by atoms with van der Waals surface area (Å²) in [6.45, 7) is 1.56. The van der Waals surface area contributed by atoms with Crippen LogP contribution < -0.4 is 10.1 Å². The monoisotopic (exact) mass is 481 g/mol. The molecule has 0 aromatic heterocycles. The molecule has 3 nitrogen and oxygen atoms in total. The fourth-order valence-corrected chi connectivity index (χ4v) is 2.89. The number of hydrogen-bond acceptors (Lipinski definition) is 3. The van der Waals surface area contributed by atoms with Crippen molar-refractivity contribution in [3.63, 3.8) is 0 Å². The molecule has 0 heterocycles. The summed E-state index contributed by atoms with van der Waals surface area (Å²) in [7, 11) is 1.43. The molecule has 134 valence electrons. The van der Waals surface area contributed by atoms with E-state index in [0.717, 1.165) is 9.64 Å². The summed E-state index contributed by atoms with van der Waals surface area (Å²) in [5, 5.41) is 3.06. The molecule has 0 aliphatic rings. The highest BCUT2D eigenvalue weighted by Crippen LogP contribution is 2.37. The first kappa shape index (κ1) is 19.8. The van der Waals surface area contributed by atoms with Crippen LogP contribution in [0.4, 0.5) is 18.9 Å². The van der Waals surface area contributed by atoms with Gasteiger partial charge in [0.25, 0.3) is 5.17 Å². The molecule has 25 heavy (non-hydrogen) atoms. The smallest absolute Gasteiger partial charge is 0.419 e. The van der Waals surface area contributed by atoms with Crippen molar-refractivity contribution in [1.29, 1.82) is 0 Å². The second kappa shape index (κ2) is 8.22. The van der Waals surface area contributed by atoms with Gasteiger partial charge in [-0.1, -0.05) is 17.7 Å². The van der Waals surface area contributed by atoms with Crippen molar-refractivity contribution >= 4 is 45.7 Å². The predicted molar refractivity (Wildman–Crippen MR) is 103 cm³/mol. The Morgan fingerprint density at radius 3 is 2.60 bits per heavy atom. The molecule has 0 aliphatic carbocycles. The van der Waals surface area contributed by atoms with Gasteiger partial charge in [-0.25, -0.2) is 0 Å². The van der Waals surface area contributed by atoms with Crippen LogP contribution in [0.15, 0.2) is 36.4 Å². The molecular weight excluding hydrogens is 466 g/mol. The minimum Gasteiger partial charge on any atom is -0.488 e. The number of rotatable bonds is 4. The Balaban J connectivity index is 2.29. The maximum absolute atomic E-state index is 13.2. The number of halogens is 4. The lowest BCUT2D eigenvalue weighted by molar-refractivity contribution is -0.139. The summed E-state index contributed by atoms with van der Waals surface area (Å²) in [6, 6.07) is 9.39. The van der Waals surface area contributed by atoms with Gasteiger partial charge in [-0.3, -0.25) is 0 Å². The van der Waals surface area contributed by atoms with Crippen LogP contribution in [-0.4, -0.2) is 12.3 Å². The van der Waals surface area contributed by atoms with Crippen molar-refractivity contribution < 1.29 is 22.6 Å². The summed E-state index contributed by atoms with van der Waals surface area (Å²) in [4.78, 5) is 0. The van der Waals surface area contributed by atoms with Crippen LogP contribution in [0.3, 0.4) is 0 Å². The third-order valence-electron chi connectivity index (χ3n) is 3.35. The van der Waals surface area contributed by atoms with Crippen molar-refractivity contribution in [3.05, 3.63) is 56.7 Å². The Morgan fingerprint density at radius 1 is 1.24 bits per heavy atom. The molecule has 0 unspecified atom stereocenters. The SMILES string of the molecule is COC(=S)Nc1cccc(I)c1COc1ccc(C)cc1C(F)(F)F. The van der Waals surface area contributed by atoms with Gasteiger partial charge in [-0.15, -0.1) is 0 Å². The molecule has 0 aliphatic heterocycles. The molecule has 0 bridgehead atoms. The standard InChI is InChI=1S/C17H15F3INO2S/c1-10-6-7-15(12(8-10)17(18,19)20)24-9-11-13(21)4-3-5-14(11)22-16(25)23-2/h3-8H,9H2,1-2H3,(H,22,25). The van der Waals surface area contributed by atoms with Gasteiger partial charge in [-0.05, 0) is 66.0 Å². The average Bonchev–Trinajstić information content (AvgIpc) is 2.54. The van der Waals surface area contributed by atoms with E-state index in [1.165, 1.54) is 13.2 Å². The molecule has 2 aromatic carbocycles. The lowest BCUT2D eigenvalue weighted by atomic mass is 10.1. The van der Waals surface area contributed by atoms with E-state index in [1.54, 1.807) is 25.1 Å². The molecule has 0 amide bonds. The van der Waals surface area contributed by atoms with Gasteiger partial charge in [0.1, 0.15) is 12.4 Å². The van der Waals surface area contributed by atoms with Crippen LogP contribution in [0.5, 0.6) is 5.75 Å². The lowest BCUT2D eigenvalue weighted by Crippen LogP contribution is -2.14. The first-order valence-corrected chi connectivity index (χ1v) is 8.64. The van der Waals surface area contributed by atoms with E-state index in [9.17, 15) is 13.2 Å². The van der Waals surface area contributed by atoms with Crippen LogP contribution in [0.2, 0.25) is 0 Å². The molecule has 0 radical (unpaired) electrons. The summed E-state index contributed by atoms with van der Waals surface area (Å²) in [5.41, 5.74) is 1.04. The number of hydrogen-bond donors (Lipinski definition) is 1. The van der Waals surface area contributed by atoms with Crippen molar-refractivity contribution in [2.75, 3.05) is 12.4 Å². The van der Waals surface area contributed by atoms with Crippen molar-refractivity contribution in [2.24, 2.45) is 0 Å². The summed E-state index contributed by atoms with van der Waals surface area (Å²) in [5.74, 6) is -0.210. The third kappa shape index (κ3) is 5.21. The summed E-state index contributed by atoms with van der Waals surface area (Å²) < 4.78 is 50.9. The number of nitrogens with one attached hydrogen (secondary N) is 1. The van der Waals surface area contributed by atoms with Gasteiger partial charge in [-0.2, -0.15) is 13.2 Å². The molecule has 2 aromatic rings. The zero-order chi connectivity index (χ0) is 18.6. The Morgan fingerprint density at radius 2 is 1.96 bits per heavy atom. The first-order valence-electron chi connectivity index (χ1n) is 7.15. The van der Waals surface area contributed by atoms with E-state index in [2.05, 4.69) is 27.9 Å². The fraction of sp³-hybridized carbons (Fsp3) is 0.235. The molecule has 8 heteroatoms. The molecule has 2 rings (SSSR count). The topological polar surface area (TPSA) is 30.5 Å². The summed E-state index contributed by atoms with van der Waals surface area (Å²) in [6.07, 6.45) is -4.48. The third-order valence-corrected chi connectivity index (χ3v) is 4.63. The van der Waals surface area contributed by atoms with Gasteiger partial charge in [0, 0.05) is 14.8 Å². The Bertz CT molecular complexity index is 781. The number of aryl methyl sites for hydroxylation is 1. The maximum atomic E-state index is 13.2. The molecular formula is C17H15F3INO2S. The highest BCUT2D eigenvalue weighted by Gasteiger charge is 2.34. The second-order valence-corrected chi connectivity index (χ2v) is 6.70. The van der Waals surface area contributed by atoms with Crippen LogP contribution in [-0.2, 0) is 17.5 Å². The maximum Gasteiger partial charge on any atom is 0.419 e. The number of thiocarbonyl (C=S) groups is 1. The fourth-order valence-electron chi connectivity index (χ4n) is 2.12. The molecule has 0 fully saturated rings. The lowest BCUT2D eigenvalue weighted by Gasteiger charge is -2.17.